The molecule has 0 atom stereocenters. The number of pyridine rings is 1. The van der Waals surface area contributed by atoms with E-state index in [1.54, 1.807) is 39.1 Å². The maximum absolute atomic E-state index is 11.3. The largest absolute Gasteiger partial charge is 0.444 e. The quantitative estimate of drug-likeness (QED) is 0.738. The highest BCUT2D eigenvalue weighted by atomic mass is 16.6. The van der Waals surface area contributed by atoms with Crippen molar-refractivity contribution in [3.8, 4) is 11.8 Å². The Morgan fingerprint density at radius 2 is 2.22 bits per heavy atom. The summed E-state index contributed by atoms with van der Waals surface area (Å²) in [6.07, 6.45) is 1.10. The second kappa shape index (κ2) is 5.92. The number of nitrogens with two attached hydrogens (primary N) is 1. The third kappa shape index (κ3) is 5.75. The molecule has 0 bridgehead atoms. The second-order valence-electron chi connectivity index (χ2n) is 4.63. The van der Waals surface area contributed by atoms with Gasteiger partial charge in [0.1, 0.15) is 11.4 Å². The number of nitrogens with one attached hydrogen (secondary N) is 1. The Kier molecular flexibility index (Phi) is 4.55. The zero-order valence-corrected chi connectivity index (χ0v) is 10.8. The monoisotopic (exact) mass is 247 g/mol. The van der Waals surface area contributed by atoms with Crippen molar-refractivity contribution in [3.63, 3.8) is 0 Å². The topological polar surface area (TPSA) is 77.2 Å². The number of anilines is 1. The number of rotatable bonds is 1. The van der Waals surface area contributed by atoms with E-state index in [0.717, 1.165) is 5.56 Å². The Balaban J connectivity index is 2.38. The van der Waals surface area contributed by atoms with Crippen LogP contribution in [0, 0.1) is 11.8 Å². The minimum absolute atomic E-state index is 0.222. The van der Waals surface area contributed by atoms with Crippen LogP contribution in [0.3, 0.4) is 0 Å². The molecule has 1 rings (SSSR count). The number of hydrogen-bond acceptors (Lipinski definition) is 4. The minimum Gasteiger partial charge on any atom is -0.444 e. The Morgan fingerprint density at radius 1 is 1.50 bits per heavy atom. The van der Waals surface area contributed by atoms with E-state index in [0.29, 0.717) is 5.82 Å². The van der Waals surface area contributed by atoms with Crippen LogP contribution in [0.4, 0.5) is 10.6 Å². The van der Waals surface area contributed by atoms with Gasteiger partial charge in [-0.1, -0.05) is 11.8 Å². The van der Waals surface area contributed by atoms with E-state index >= 15 is 0 Å². The average molecular weight is 247 g/mol. The van der Waals surface area contributed by atoms with Crippen molar-refractivity contribution in [1.82, 2.24) is 10.3 Å². The van der Waals surface area contributed by atoms with Crippen molar-refractivity contribution in [3.05, 3.63) is 23.9 Å². The number of carbonyl (C=O) groups is 1. The fraction of sp³-hybridized carbons (Fsp3) is 0.385. The summed E-state index contributed by atoms with van der Waals surface area (Å²) in [5.41, 5.74) is 5.69. The molecule has 5 heteroatoms. The SMILES string of the molecule is CC(C)(C)OC(=O)NCC#Cc1ccc(N)nc1. The normalized spacial score (nSPS) is 10.2. The lowest BCUT2D eigenvalue weighted by molar-refractivity contribution is 0.0535. The van der Waals surface area contributed by atoms with Crippen LogP contribution in [0.15, 0.2) is 18.3 Å². The molecule has 1 amide bonds. The number of carbonyl (C=O) groups excluding carboxylic acids is 1. The Hall–Kier alpha value is -2.22. The van der Waals surface area contributed by atoms with Gasteiger partial charge in [0.25, 0.3) is 0 Å². The number of ether oxygens (including phenoxy) is 1. The summed E-state index contributed by atoms with van der Waals surface area (Å²) in [4.78, 5) is 15.2. The molecular formula is C13H17N3O2. The molecule has 1 aromatic rings. The van der Waals surface area contributed by atoms with Gasteiger partial charge < -0.3 is 15.8 Å². The van der Waals surface area contributed by atoms with Crippen molar-refractivity contribution >= 4 is 11.9 Å². The van der Waals surface area contributed by atoms with Gasteiger partial charge in [0.05, 0.1) is 6.54 Å². The molecule has 0 aliphatic rings. The van der Waals surface area contributed by atoms with E-state index in [9.17, 15) is 4.79 Å². The van der Waals surface area contributed by atoms with Crippen LogP contribution >= 0.6 is 0 Å². The molecule has 0 unspecified atom stereocenters. The van der Waals surface area contributed by atoms with E-state index in [1.807, 2.05) is 0 Å². The first-order valence-electron chi connectivity index (χ1n) is 5.54. The summed E-state index contributed by atoms with van der Waals surface area (Å²) in [7, 11) is 0. The van der Waals surface area contributed by atoms with E-state index in [1.165, 1.54) is 0 Å². The molecule has 1 heterocycles. The van der Waals surface area contributed by atoms with E-state index in [4.69, 9.17) is 10.5 Å². The number of nitrogens with zero attached hydrogens (tertiary/aromatic N) is 1. The first-order valence-corrected chi connectivity index (χ1v) is 5.54. The van der Waals surface area contributed by atoms with Crippen molar-refractivity contribution in [2.24, 2.45) is 0 Å². The third-order valence-electron chi connectivity index (χ3n) is 1.74. The molecule has 0 aliphatic heterocycles. The average Bonchev–Trinajstić information content (AvgIpc) is 2.24. The van der Waals surface area contributed by atoms with Crippen LogP contribution in [-0.2, 0) is 4.74 Å². The third-order valence-corrected chi connectivity index (χ3v) is 1.74. The van der Waals surface area contributed by atoms with E-state index in [-0.39, 0.29) is 6.54 Å². The van der Waals surface area contributed by atoms with Gasteiger partial charge in [-0.25, -0.2) is 9.78 Å². The van der Waals surface area contributed by atoms with Gasteiger partial charge in [-0.3, -0.25) is 0 Å². The predicted octanol–water partition coefficient (Wildman–Crippen LogP) is 1.54. The van der Waals surface area contributed by atoms with Gasteiger partial charge in [0, 0.05) is 11.8 Å². The first-order chi connectivity index (χ1) is 8.37. The number of aromatic nitrogens is 1. The first kappa shape index (κ1) is 13.8. The summed E-state index contributed by atoms with van der Waals surface area (Å²) in [6, 6.07) is 3.44. The van der Waals surface area contributed by atoms with Gasteiger partial charge in [0.2, 0.25) is 0 Å². The molecule has 5 nitrogen and oxygen atoms in total. The van der Waals surface area contributed by atoms with Crippen molar-refractivity contribution in [1.29, 1.82) is 0 Å². The maximum Gasteiger partial charge on any atom is 0.408 e. The fourth-order valence-corrected chi connectivity index (χ4v) is 1.06. The molecule has 0 radical (unpaired) electrons. The lowest BCUT2D eigenvalue weighted by Gasteiger charge is -2.18. The van der Waals surface area contributed by atoms with Gasteiger partial charge >= 0.3 is 6.09 Å². The lowest BCUT2D eigenvalue weighted by Crippen LogP contribution is -2.32. The molecule has 3 N–H and O–H groups in total. The molecule has 0 aromatic carbocycles. The van der Waals surface area contributed by atoms with E-state index < -0.39 is 11.7 Å². The molecule has 0 saturated heterocycles. The Labute approximate surface area is 107 Å². The van der Waals surface area contributed by atoms with Crippen molar-refractivity contribution in [2.45, 2.75) is 26.4 Å². The summed E-state index contributed by atoms with van der Waals surface area (Å²) >= 11 is 0. The smallest absolute Gasteiger partial charge is 0.408 e. The minimum atomic E-state index is -0.502. The molecule has 1 aromatic heterocycles. The summed E-state index contributed by atoms with van der Waals surface area (Å²) in [6.45, 7) is 5.63. The van der Waals surface area contributed by atoms with Crippen LogP contribution in [-0.4, -0.2) is 23.2 Å². The zero-order valence-electron chi connectivity index (χ0n) is 10.8. The molecule has 0 fully saturated rings. The summed E-state index contributed by atoms with van der Waals surface area (Å²) in [5, 5.41) is 2.54. The summed E-state index contributed by atoms with van der Waals surface area (Å²) < 4.78 is 5.06. The van der Waals surface area contributed by atoms with Crippen LogP contribution in [0.2, 0.25) is 0 Å². The summed E-state index contributed by atoms with van der Waals surface area (Å²) in [5.74, 6) is 6.10. The molecule has 18 heavy (non-hydrogen) atoms. The van der Waals surface area contributed by atoms with Crippen LogP contribution in [0.5, 0.6) is 0 Å². The van der Waals surface area contributed by atoms with Gasteiger partial charge in [0.15, 0.2) is 0 Å². The highest BCUT2D eigenvalue weighted by molar-refractivity contribution is 5.68. The number of hydrogen-bond donors (Lipinski definition) is 2. The Morgan fingerprint density at radius 3 is 2.78 bits per heavy atom. The standard InChI is InChI=1S/C13H17N3O2/c1-13(2,3)18-12(17)15-8-4-5-10-6-7-11(14)16-9-10/h6-7,9H,8H2,1-3H3,(H2,14,16)(H,15,17). The van der Waals surface area contributed by atoms with Gasteiger partial charge in [-0.15, -0.1) is 0 Å². The van der Waals surface area contributed by atoms with Crippen molar-refractivity contribution in [2.75, 3.05) is 12.3 Å². The number of nitrogen functional groups attached to an aromatic ring is 1. The predicted molar refractivity (Wildman–Crippen MR) is 69.8 cm³/mol. The van der Waals surface area contributed by atoms with Gasteiger partial charge in [-0.05, 0) is 32.9 Å². The molecule has 96 valence electrons. The fourth-order valence-electron chi connectivity index (χ4n) is 1.06. The Bertz CT molecular complexity index is 464. The van der Waals surface area contributed by atoms with Crippen LogP contribution in [0.1, 0.15) is 26.3 Å². The van der Waals surface area contributed by atoms with E-state index in [2.05, 4.69) is 22.1 Å². The van der Waals surface area contributed by atoms with Crippen LogP contribution < -0.4 is 11.1 Å². The number of amides is 1. The zero-order chi connectivity index (χ0) is 13.6. The molecule has 0 aliphatic carbocycles. The highest BCUT2D eigenvalue weighted by Crippen LogP contribution is 2.06. The molecule has 0 spiro atoms. The molecular weight excluding hydrogens is 230 g/mol. The number of alkyl carbamates (subject to hydrolysis) is 1. The van der Waals surface area contributed by atoms with Crippen molar-refractivity contribution < 1.29 is 9.53 Å². The van der Waals surface area contributed by atoms with Gasteiger partial charge in [-0.2, -0.15) is 0 Å². The lowest BCUT2D eigenvalue weighted by atomic mass is 10.2. The molecule has 0 saturated carbocycles. The second-order valence-corrected chi connectivity index (χ2v) is 4.63. The highest BCUT2D eigenvalue weighted by Gasteiger charge is 2.14. The maximum atomic E-state index is 11.3. The van der Waals surface area contributed by atoms with Crippen LogP contribution in [0.25, 0.3) is 0 Å².